The van der Waals surface area contributed by atoms with E-state index in [2.05, 4.69) is 80.6 Å². The van der Waals surface area contributed by atoms with Crippen LogP contribution in [0.3, 0.4) is 0 Å². The number of para-hydroxylation sites is 1. The van der Waals surface area contributed by atoms with Gasteiger partial charge in [0.25, 0.3) is 0 Å². The minimum atomic E-state index is 0.510. The van der Waals surface area contributed by atoms with Gasteiger partial charge in [0.1, 0.15) is 11.2 Å². The lowest BCUT2D eigenvalue weighted by atomic mass is 10.1. The summed E-state index contributed by atoms with van der Waals surface area (Å²) in [5.41, 5.74) is 4.80. The highest BCUT2D eigenvalue weighted by atomic mass is 32.1. The van der Waals surface area contributed by atoms with Crippen LogP contribution in [0.25, 0.3) is 21.1 Å². The highest BCUT2D eigenvalue weighted by molar-refractivity contribution is 7.18. The fourth-order valence-corrected chi connectivity index (χ4v) is 4.55. The van der Waals surface area contributed by atoms with E-state index in [1.54, 1.807) is 17.7 Å². The third kappa shape index (κ3) is 3.54. The van der Waals surface area contributed by atoms with Crippen LogP contribution in [0.1, 0.15) is 21.6 Å². The molecule has 0 saturated heterocycles. The molecule has 1 N–H and O–H groups in total. The van der Waals surface area contributed by atoms with Crippen molar-refractivity contribution >= 4 is 38.3 Å². The van der Waals surface area contributed by atoms with E-state index in [-0.39, 0.29) is 0 Å². The highest BCUT2D eigenvalue weighted by Crippen LogP contribution is 2.31. The van der Waals surface area contributed by atoms with Gasteiger partial charge in [0.15, 0.2) is 5.82 Å². The van der Waals surface area contributed by atoms with Crippen LogP contribution in [-0.4, -0.2) is 15.0 Å². The standard InChI is InChI=1S/C23H19N5S/c1-15-6-5-9-19-17(12-24-21(15)19)13-27-28-22-20-11-18(29-23(20)26-14-25-22)10-16-7-3-2-4-8-16/h2-9,11-12,14,24H,10,13H2,1H3. The normalized spacial score (nSPS) is 11.8. The summed E-state index contributed by atoms with van der Waals surface area (Å²) in [7, 11) is 0. The molecule has 0 saturated carbocycles. The second-order valence-corrected chi connectivity index (χ2v) is 8.12. The molecular weight excluding hydrogens is 378 g/mol. The van der Waals surface area contributed by atoms with Gasteiger partial charge in [-0.3, -0.25) is 0 Å². The van der Waals surface area contributed by atoms with Gasteiger partial charge in [-0.15, -0.1) is 16.5 Å². The van der Waals surface area contributed by atoms with E-state index < -0.39 is 0 Å². The van der Waals surface area contributed by atoms with Crippen molar-refractivity contribution in [2.75, 3.05) is 0 Å². The molecule has 29 heavy (non-hydrogen) atoms. The fourth-order valence-electron chi connectivity index (χ4n) is 3.53. The molecule has 0 amide bonds. The number of hydrogen-bond acceptors (Lipinski definition) is 5. The van der Waals surface area contributed by atoms with E-state index in [1.807, 2.05) is 12.3 Å². The zero-order chi connectivity index (χ0) is 19.6. The number of H-pyrrole nitrogens is 1. The lowest BCUT2D eigenvalue weighted by Crippen LogP contribution is -1.82. The molecule has 0 radical (unpaired) electrons. The Morgan fingerprint density at radius 3 is 2.79 bits per heavy atom. The third-order valence-electron chi connectivity index (χ3n) is 5.00. The lowest BCUT2D eigenvalue weighted by Gasteiger charge is -1.97. The molecule has 6 heteroatoms. The molecule has 0 atom stereocenters. The van der Waals surface area contributed by atoms with E-state index in [1.165, 1.54) is 21.4 Å². The van der Waals surface area contributed by atoms with Gasteiger partial charge in [0.05, 0.1) is 11.9 Å². The third-order valence-corrected chi connectivity index (χ3v) is 6.04. The number of nitrogens with zero attached hydrogens (tertiary/aromatic N) is 4. The van der Waals surface area contributed by atoms with Crippen molar-refractivity contribution in [1.29, 1.82) is 0 Å². The molecule has 0 aliphatic carbocycles. The number of thiophene rings is 1. The summed E-state index contributed by atoms with van der Waals surface area (Å²) in [5.74, 6) is 0.626. The Balaban J connectivity index is 1.40. The number of aryl methyl sites for hydroxylation is 1. The van der Waals surface area contributed by atoms with Crippen molar-refractivity contribution in [1.82, 2.24) is 15.0 Å². The van der Waals surface area contributed by atoms with Crippen LogP contribution in [0, 0.1) is 6.92 Å². The van der Waals surface area contributed by atoms with Crippen LogP contribution in [-0.2, 0) is 13.0 Å². The smallest absolute Gasteiger partial charge is 0.185 e. The van der Waals surface area contributed by atoms with Gasteiger partial charge in [-0.2, -0.15) is 5.11 Å². The molecule has 0 bridgehead atoms. The Labute approximate surface area is 172 Å². The monoisotopic (exact) mass is 397 g/mol. The lowest BCUT2D eigenvalue weighted by molar-refractivity contribution is 0.954. The van der Waals surface area contributed by atoms with Crippen molar-refractivity contribution in [2.45, 2.75) is 19.9 Å². The maximum absolute atomic E-state index is 4.43. The molecule has 0 fully saturated rings. The van der Waals surface area contributed by atoms with E-state index in [0.717, 1.165) is 27.7 Å². The number of aromatic amines is 1. The van der Waals surface area contributed by atoms with Crippen molar-refractivity contribution < 1.29 is 0 Å². The molecule has 0 aliphatic rings. The largest absolute Gasteiger partial charge is 0.361 e. The van der Waals surface area contributed by atoms with Crippen LogP contribution < -0.4 is 0 Å². The fraction of sp³-hybridized carbons (Fsp3) is 0.130. The average molecular weight is 398 g/mol. The number of rotatable bonds is 5. The quantitative estimate of drug-likeness (QED) is 0.351. The minimum absolute atomic E-state index is 0.510. The summed E-state index contributed by atoms with van der Waals surface area (Å²) in [5, 5.41) is 11.0. The van der Waals surface area contributed by atoms with E-state index in [4.69, 9.17) is 0 Å². The molecule has 2 aromatic carbocycles. The molecule has 0 spiro atoms. The van der Waals surface area contributed by atoms with Crippen LogP contribution >= 0.6 is 11.3 Å². The minimum Gasteiger partial charge on any atom is -0.361 e. The maximum atomic E-state index is 4.43. The molecule has 5 rings (SSSR count). The topological polar surface area (TPSA) is 66.3 Å². The van der Waals surface area contributed by atoms with Gasteiger partial charge in [-0.25, -0.2) is 9.97 Å². The SMILES string of the molecule is Cc1cccc2c(CN=Nc3ncnc4sc(Cc5ccccc5)cc34)c[nH]c12. The van der Waals surface area contributed by atoms with Crippen molar-refractivity contribution in [3.05, 3.63) is 88.7 Å². The summed E-state index contributed by atoms with van der Waals surface area (Å²) >= 11 is 1.68. The van der Waals surface area contributed by atoms with E-state index >= 15 is 0 Å². The van der Waals surface area contributed by atoms with Gasteiger partial charge in [0.2, 0.25) is 0 Å². The predicted molar refractivity (Wildman–Crippen MR) is 118 cm³/mol. The Bertz CT molecular complexity index is 1320. The molecular formula is C23H19N5S. The van der Waals surface area contributed by atoms with Crippen LogP contribution in [0.15, 0.2) is 77.3 Å². The second-order valence-electron chi connectivity index (χ2n) is 7.00. The number of aromatic nitrogens is 3. The highest BCUT2D eigenvalue weighted by Gasteiger charge is 2.09. The van der Waals surface area contributed by atoms with Crippen LogP contribution in [0.2, 0.25) is 0 Å². The molecule has 5 aromatic rings. The first-order chi connectivity index (χ1) is 14.3. The van der Waals surface area contributed by atoms with Gasteiger partial charge in [-0.1, -0.05) is 48.5 Å². The molecule has 3 heterocycles. The summed E-state index contributed by atoms with van der Waals surface area (Å²) in [4.78, 5) is 14.3. The van der Waals surface area contributed by atoms with Crippen molar-refractivity contribution in [3.8, 4) is 0 Å². The maximum Gasteiger partial charge on any atom is 0.185 e. The summed E-state index contributed by atoms with van der Waals surface area (Å²) in [6, 6.07) is 18.9. The van der Waals surface area contributed by atoms with Crippen molar-refractivity contribution in [3.63, 3.8) is 0 Å². The summed E-state index contributed by atoms with van der Waals surface area (Å²) in [6.07, 6.45) is 4.45. The number of nitrogens with one attached hydrogen (secondary N) is 1. The average Bonchev–Trinajstić information content (AvgIpc) is 3.34. The molecule has 0 aliphatic heterocycles. The molecule has 0 unspecified atom stereocenters. The molecule has 3 aromatic heterocycles. The number of benzene rings is 2. The molecule has 142 valence electrons. The zero-order valence-corrected chi connectivity index (χ0v) is 16.8. The zero-order valence-electron chi connectivity index (χ0n) is 16.0. The van der Waals surface area contributed by atoms with Gasteiger partial charge in [-0.05, 0) is 24.1 Å². The summed E-state index contributed by atoms with van der Waals surface area (Å²) < 4.78 is 0. The first-order valence-electron chi connectivity index (χ1n) is 9.48. The number of fused-ring (bicyclic) bond motifs is 2. The van der Waals surface area contributed by atoms with E-state index in [0.29, 0.717) is 12.4 Å². The number of azo groups is 1. The van der Waals surface area contributed by atoms with Gasteiger partial charge in [0, 0.05) is 34.0 Å². The second kappa shape index (κ2) is 7.56. The molecule has 5 nitrogen and oxygen atoms in total. The van der Waals surface area contributed by atoms with Gasteiger partial charge < -0.3 is 4.98 Å². The summed E-state index contributed by atoms with van der Waals surface area (Å²) in [6.45, 7) is 2.61. The first kappa shape index (κ1) is 17.7. The Hall–Kier alpha value is -3.38. The Morgan fingerprint density at radius 1 is 1.00 bits per heavy atom. The van der Waals surface area contributed by atoms with Crippen molar-refractivity contribution in [2.24, 2.45) is 10.2 Å². The van der Waals surface area contributed by atoms with Gasteiger partial charge >= 0.3 is 0 Å². The predicted octanol–water partition coefficient (Wildman–Crippen LogP) is 6.36. The van der Waals surface area contributed by atoms with Crippen LogP contribution in [0.4, 0.5) is 5.82 Å². The van der Waals surface area contributed by atoms with Crippen LogP contribution in [0.5, 0.6) is 0 Å². The van der Waals surface area contributed by atoms with E-state index in [9.17, 15) is 0 Å². The number of hydrogen-bond donors (Lipinski definition) is 1. The Morgan fingerprint density at radius 2 is 1.90 bits per heavy atom. The Kier molecular flexibility index (Phi) is 4.62. The first-order valence-corrected chi connectivity index (χ1v) is 10.3.